The topological polar surface area (TPSA) is 57.6 Å². The van der Waals surface area contributed by atoms with Crippen molar-refractivity contribution in [2.45, 2.75) is 75.7 Å². The molecule has 0 aromatic rings. The fourth-order valence-corrected chi connectivity index (χ4v) is 5.28. The average Bonchev–Trinajstić information content (AvgIpc) is 2.46. The summed E-state index contributed by atoms with van der Waals surface area (Å²) in [6.45, 7) is 6.33. The number of likely N-dealkylation sites (tertiary alicyclic amines) is 1. The van der Waals surface area contributed by atoms with E-state index in [1.165, 1.54) is 25.5 Å². The average molecular weight is 317 g/mol. The van der Waals surface area contributed by atoms with E-state index < -0.39 is 15.9 Å². The highest BCUT2D eigenvalue weighted by Crippen LogP contribution is 2.36. The lowest BCUT2D eigenvalue weighted by Gasteiger charge is -2.47. The predicted octanol–water partition coefficient (Wildman–Crippen LogP) is 2.22. The first-order valence-electron chi connectivity index (χ1n) is 8.35. The van der Waals surface area contributed by atoms with Gasteiger partial charge in [-0.15, -0.1) is 0 Å². The lowest BCUT2D eigenvalue weighted by atomic mass is 9.77. The molecule has 1 aliphatic heterocycles. The number of nitrogens with zero attached hydrogens (tertiary/aromatic N) is 1. The molecular weight excluding hydrogens is 286 g/mol. The first kappa shape index (κ1) is 17.2. The van der Waals surface area contributed by atoms with E-state index >= 15 is 0 Å². The van der Waals surface area contributed by atoms with Gasteiger partial charge >= 0.3 is 0 Å². The molecule has 1 N–H and O–H groups in total. The first-order valence-corrected chi connectivity index (χ1v) is 10.3. The van der Waals surface area contributed by atoms with E-state index in [1.54, 1.807) is 0 Å². The Bertz CT molecular complexity index is 440. The summed E-state index contributed by atoms with van der Waals surface area (Å²) in [6.07, 6.45) is 7.81. The minimum absolute atomic E-state index is 0.107. The quantitative estimate of drug-likeness (QED) is 0.864. The normalized spacial score (nSPS) is 31.0. The molecule has 0 aromatic heterocycles. The number of piperidine rings is 1. The molecule has 4 nitrogen and oxygen atoms in total. The number of hydrogen-bond acceptors (Lipinski definition) is 4. The minimum atomic E-state index is -2.99. The van der Waals surface area contributed by atoms with Crippen LogP contribution in [0.25, 0.3) is 0 Å². The van der Waals surface area contributed by atoms with Gasteiger partial charge in [-0.3, -0.25) is 4.90 Å². The van der Waals surface area contributed by atoms with E-state index in [9.17, 15) is 13.5 Å². The minimum Gasteiger partial charge on any atom is -0.391 e. The highest BCUT2D eigenvalue weighted by atomic mass is 32.2. The molecule has 124 valence electrons. The van der Waals surface area contributed by atoms with Crippen molar-refractivity contribution < 1.29 is 13.5 Å². The molecule has 0 amide bonds. The zero-order valence-corrected chi connectivity index (χ0v) is 14.5. The fourth-order valence-electron chi connectivity index (χ4n) is 4.09. The van der Waals surface area contributed by atoms with E-state index in [4.69, 9.17) is 0 Å². The van der Waals surface area contributed by atoms with Crippen molar-refractivity contribution >= 4 is 9.84 Å². The summed E-state index contributed by atoms with van der Waals surface area (Å²) >= 11 is 0. The summed E-state index contributed by atoms with van der Waals surface area (Å²) in [6, 6.07) is 0. The van der Waals surface area contributed by atoms with Gasteiger partial charge in [0.05, 0.1) is 11.4 Å². The maximum atomic E-state index is 11.8. The van der Waals surface area contributed by atoms with Gasteiger partial charge in [-0.2, -0.15) is 0 Å². The molecule has 3 atom stereocenters. The molecule has 5 heteroatoms. The van der Waals surface area contributed by atoms with Gasteiger partial charge in [0.25, 0.3) is 0 Å². The number of sulfone groups is 1. The van der Waals surface area contributed by atoms with Crippen molar-refractivity contribution in [3.8, 4) is 0 Å². The zero-order chi connectivity index (χ0) is 15.7. The van der Waals surface area contributed by atoms with Crippen molar-refractivity contribution in [3.63, 3.8) is 0 Å². The summed E-state index contributed by atoms with van der Waals surface area (Å²) in [5.41, 5.74) is -0.259. The molecule has 1 heterocycles. The first-order chi connectivity index (χ1) is 9.73. The van der Waals surface area contributed by atoms with Gasteiger partial charge in [0, 0.05) is 11.8 Å². The van der Waals surface area contributed by atoms with E-state index in [0.717, 1.165) is 32.4 Å². The van der Waals surface area contributed by atoms with Crippen molar-refractivity contribution in [2.75, 3.05) is 19.3 Å². The van der Waals surface area contributed by atoms with Crippen molar-refractivity contribution in [2.24, 2.45) is 5.92 Å². The Hall–Kier alpha value is -0.130. The van der Waals surface area contributed by atoms with E-state index in [1.807, 2.05) is 0 Å². The second kappa shape index (κ2) is 6.55. The molecule has 1 saturated heterocycles. The summed E-state index contributed by atoms with van der Waals surface area (Å²) < 4.78 is 23.6. The fraction of sp³-hybridized carbons (Fsp3) is 1.00. The molecule has 0 aromatic carbocycles. The molecule has 0 radical (unpaired) electrons. The lowest BCUT2D eigenvalue weighted by Crippen LogP contribution is -2.57. The van der Waals surface area contributed by atoms with Crippen LogP contribution in [0.3, 0.4) is 0 Å². The Morgan fingerprint density at radius 2 is 1.71 bits per heavy atom. The van der Waals surface area contributed by atoms with Gasteiger partial charge < -0.3 is 5.11 Å². The standard InChI is InChI=1S/C16H31NO3S/c1-16(2,17-10-5-4-6-11-17)15(18)13-8-7-9-14(12-13)21(3,19)20/h13-15,18H,4-12H2,1-3H3. The van der Waals surface area contributed by atoms with Crippen LogP contribution in [-0.4, -0.2) is 54.7 Å². The van der Waals surface area contributed by atoms with Gasteiger partial charge in [-0.25, -0.2) is 8.42 Å². The van der Waals surface area contributed by atoms with Crippen molar-refractivity contribution in [3.05, 3.63) is 0 Å². The number of rotatable bonds is 4. The van der Waals surface area contributed by atoms with Crippen LogP contribution in [-0.2, 0) is 9.84 Å². The molecule has 0 bridgehead atoms. The molecule has 1 aliphatic carbocycles. The summed E-state index contributed by atoms with van der Waals surface area (Å²) in [5.74, 6) is 0.107. The predicted molar refractivity (Wildman–Crippen MR) is 86.1 cm³/mol. The highest BCUT2D eigenvalue weighted by Gasteiger charge is 2.42. The van der Waals surface area contributed by atoms with Crippen LogP contribution in [0.2, 0.25) is 0 Å². The maximum absolute atomic E-state index is 11.8. The van der Waals surface area contributed by atoms with Crippen LogP contribution in [0.5, 0.6) is 0 Å². The van der Waals surface area contributed by atoms with Crippen LogP contribution in [0.4, 0.5) is 0 Å². The van der Waals surface area contributed by atoms with Crippen LogP contribution < -0.4 is 0 Å². The van der Waals surface area contributed by atoms with E-state index in [2.05, 4.69) is 18.7 Å². The second-order valence-corrected chi connectivity index (χ2v) is 9.85. The smallest absolute Gasteiger partial charge is 0.150 e. The molecular formula is C16H31NO3S. The largest absolute Gasteiger partial charge is 0.391 e. The molecule has 2 rings (SSSR count). The SMILES string of the molecule is CC(C)(C(O)C1CCCC(S(C)(=O)=O)C1)N1CCCCC1. The van der Waals surface area contributed by atoms with Gasteiger partial charge in [0.15, 0.2) is 0 Å². The van der Waals surface area contributed by atoms with Crippen molar-refractivity contribution in [1.29, 1.82) is 0 Å². The van der Waals surface area contributed by atoms with Gasteiger partial charge in [-0.05, 0) is 65.0 Å². The number of aliphatic hydroxyl groups is 1. The molecule has 21 heavy (non-hydrogen) atoms. The monoisotopic (exact) mass is 317 g/mol. The summed E-state index contributed by atoms with van der Waals surface area (Å²) in [4.78, 5) is 2.39. The summed E-state index contributed by atoms with van der Waals surface area (Å²) in [5, 5.41) is 10.6. The maximum Gasteiger partial charge on any atom is 0.150 e. The van der Waals surface area contributed by atoms with Crippen LogP contribution in [0.15, 0.2) is 0 Å². The summed E-state index contributed by atoms with van der Waals surface area (Å²) in [7, 11) is -2.99. The van der Waals surface area contributed by atoms with E-state index in [0.29, 0.717) is 6.42 Å². The Balaban J connectivity index is 2.05. The third-order valence-electron chi connectivity index (χ3n) is 5.61. The number of aliphatic hydroxyl groups excluding tert-OH is 1. The second-order valence-electron chi connectivity index (χ2n) is 7.52. The highest BCUT2D eigenvalue weighted by molar-refractivity contribution is 7.91. The molecule has 2 aliphatic rings. The van der Waals surface area contributed by atoms with Gasteiger partial charge in [-0.1, -0.05) is 12.8 Å². The van der Waals surface area contributed by atoms with E-state index in [-0.39, 0.29) is 16.7 Å². The van der Waals surface area contributed by atoms with Crippen LogP contribution in [0.1, 0.15) is 58.8 Å². The zero-order valence-electron chi connectivity index (χ0n) is 13.7. The van der Waals surface area contributed by atoms with Crippen LogP contribution >= 0.6 is 0 Å². The molecule has 0 spiro atoms. The Morgan fingerprint density at radius 3 is 2.29 bits per heavy atom. The van der Waals surface area contributed by atoms with Crippen LogP contribution in [0, 0.1) is 5.92 Å². The van der Waals surface area contributed by atoms with Gasteiger partial charge in [0.2, 0.25) is 0 Å². The lowest BCUT2D eigenvalue weighted by molar-refractivity contribution is -0.0565. The Kier molecular flexibility index (Phi) is 5.37. The van der Waals surface area contributed by atoms with Crippen molar-refractivity contribution in [1.82, 2.24) is 4.90 Å². The third-order valence-corrected chi connectivity index (χ3v) is 7.25. The Labute approximate surface area is 129 Å². The molecule has 3 unspecified atom stereocenters. The third kappa shape index (κ3) is 3.99. The number of hydrogen-bond donors (Lipinski definition) is 1. The van der Waals surface area contributed by atoms with Gasteiger partial charge in [0.1, 0.15) is 9.84 Å². The Morgan fingerprint density at radius 1 is 1.10 bits per heavy atom. The molecule has 2 fully saturated rings. The molecule has 1 saturated carbocycles.